The molecule has 0 aromatic heterocycles. The van der Waals surface area contributed by atoms with Crippen LogP contribution in [0.3, 0.4) is 0 Å². The molecule has 0 radical (unpaired) electrons. The molecule has 0 rings (SSSR count). The summed E-state index contributed by atoms with van der Waals surface area (Å²) in [5.41, 5.74) is 0. The number of allylic oxidation sites excluding steroid dienone is 1. The van der Waals surface area contributed by atoms with Crippen molar-refractivity contribution >= 4 is 11.9 Å². The normalized spacial score (nSPS) is 10.3. The minimum Gasteiger partial charge on any atom is -1.00 e. The number of likely N-dealkylation sites (N-methyl/N-ethyl adjacent to an activating group) is 2. The predicted octanol–water partition coefficient (Wildman–Crippen LogP) is -1.49. The van der Waals surface area contributed by atoms with E-state index >= 15 is 0 Å². The first kappa shape index (κ1) is 34.7. The molecule has 0 atom stereocenters. The third kappa shape index (κ3) is 28.5. The average Bonchev–Trinajstić information content (AvgIpc) is 2.68. The van der Waals surface area contributed by atoms with Crippen LogP contribution in [0.1, 0.15) is 20.8 Å². The van der Waals surface area contributed by atoms with E-state index in [4.69, 9.17) is 14.6 Å². The fourth-order valence-electron chi connectivity index (χ4n) is 1.22. The van der Waals surface area contributed by atoms with E-state index in [1.807, 2.05) is 0 Å². The number of hydrogen-bond acceptors (Lipinski definition) is 5. The van der Waals surface area contributed by atoms with Gasteiger partial charge in [0.15, 0.2) is 0 Å². The third-order valence-corrected chi connectivity index (χ3v) is 4.06. The van der Waals surface area contributed by atoms with Crippen LogP contribution in [0.5, 0.6) is 0 Å². The molecule has 7 nitrogen and oxygen atoms in total. The quantitative estimate of drug-likeness (QED) is 0.180. The highest BCUT2D eigenvalue weighted by Crippen LogP contribution is 1.96. The molecule has 172 valence electrons. The molecule has 0 spiro atoms. The first-order valence-corrected chi connectivity index (χ1v) is 9.40. The van der Waals surface area contributed by atoms with Crippen LogP contribution in [-0.2, 0) is 19.1 Å². The van der Waals surface area contributed by atoms with Crippen molar-refractivity contribution in [3.8, 4) is 0 Å². The highest BCUT2D eigenvalue weighted by Gasteiger charge is 2.12. The van der Waals surface area contributed by atoms with Gasteiger partial charge >= 0.3 is 11.9 Å². The second-order valence-corrected chi connectivity index (χ2v) is 7.16. The second kappa shape index (κ2) is 20.9. The van der Waals surface area contributed by atoms with Crippen LogP contribution in [-0.4, -0.2) is 88.5 Å². The summed E-state index contributed by atoms with van der Waals surface area (Å²) in [7, 11) is 8.40. The molecule has 8 heteroatoms. The molecule has 0 amide bonds. The van der Waals surface area contributed by atoms with Crippen molar-refractivity contribution < 1.29 is 45.5 Å². The topological polar surface area (TPSA) is 75.7 Å². The van der Waals surface area contributed by atoms with Crippen LogP contribution in [0.15, 0.2) is 37.6 Å². The Kier molecular flexibility index (Phi) is 25.0. The zero-order valence-electron chi connectivity index (χ0n) is 19.3. The summed E-state index contributed by atoms with van der Waals surface area (Å²) >= 11 is 0. The van der Waals surface area contributed by atoms with Crippen molar-refractivity contribution in [2.75, 3.05) is 67.6 Å². The molecule has 0 saturated heterocycles. The number of quaternary nitrogens is 2. The standard InChI is InChI=1S/2C9H18NO2.C3H6O.ClH/c2*1-5-9(11)12-8-7-10(3,4)6-2;1-2-3-4;/h2*5H,1,6-8H2,2-4H3;2-4H,1H3;1H/q2*+1;;/p-2. The number of carbonyl (C=O) groups excluding carboxylic acids is 2. The third-order valence-electron chi connectivity index (χ3n) is 4.06. The van der Waals surface area contributed by atoms with Crippen LogP contribution in [0.2, 0.25) is 0 Å². The van der Waals surface area contributed by atoms with Crippen LogP contribution in [0.4, 0.5) is 0 Å². The molecule has 0 aliphatic rings. The average molecular weight is 437 g/mol. The van der Waals surface area contributed by atoms with Gasteiger partial charge in [0.25, 0.3) is 0 Å². The molecule has 0 aliphatic carbocycles. The van der Waals surface area contributed by atoms with Crippen LogP contribution in [0, 0.1) is 0 Å². The van der Waals surface area contributed by atoms with E-state index in [1.165, 1.54) is 18.2 Å². The molecule has 0 aromatic rings. The van der Waals surface area contributed by atoms with Gasteiger partial charge in [-0.2, -0.15) is 6.26 Å². The van der Waals surface area contributed by atoms with E-state index in [0.717, 1.165) is 41.4 Å². The molecule has 0 aromatic carbocycles. The Labute approximate surface area is 183 Å². The van der Waals surface area contributed by atoms with Crippen LogP contribution < -0.4 is 17.5 Å². The summed E-state index contributed by atoms with van der Waals surface area (Å²) in [6.45, 7) is 17.2. The lowest BCUT2D eigenvalue weighted by atomic mass is 10.4. The van der Waals surface area contributed by atoms with Gasteiger partial charge in [-0.1, -0.05) is 13.2 Å². The van der Waals surface area contributed by atoms with E-state index in [0.29, 0.717) is 13.2 Å². The first-order chi connectivity index (χ1) is 12.9. The molecule has 0 fully saturated rings. The molecule has 0 N–H and O–H groups in total. The largest absolute Gasteiger partial charge is 1.00 e. The zero-order valence-corrected chi connectivity index (χ0v) is 20.0. The van der Waals surface area contributed by atoms with Crippen LogP contribution >= 0.6 is 0 Å². The SMILES string of the molecule is C=CC(=O)OCC[N+](C)(C)CC.C=CC(=O)OCC[N+](C)(C)CC.CC=C[O-].[Cl-]. The van der Waals surface area contributed by atoms with Gasteiger partial charge in [0.2, 0.25) is 0 Å². The monoisotopic (exact) mass is 436 g/mol. The Balaban J connectivity index is -0.000000177. The smallest absolute Gasteiger partial charge is 0.330 e. The predicted molar refractivity (Wildman–Crippen MR) is 112 cm³/mol. The maximum absolute atomic E-state index is 10.6. The van der Waals surface area contributed by atoms with Crippen molar-refractivity contribution in [2.45, 2.75) is 20.8 Å². The van der Waals surface area contributed by atoms with E-state index in [9.17, 15) is 9.59 Å². The van der Waals surface area contributed by atoms with E-state index in [1.54, 1.807) is 6.92 Å². The maximum atomic E-state index is 10.6. The minimum atomic E-state index is -0.342. The Morgan fingerprint density at radius 2 is 1.14 bits per heavy atom. The second-order valence-electron chi connectivity index (χ2n) is 7.16. The Bertz CT molecular complexity index is 436. The van der Waals surface area contributed by atoms with Gasteiger partial charge in [-0.15, -0.1) is 6.08 Å². The highest BCUT2D eigenvalue weighted by molar-refractivity contribution is 5.81. The number of esters is 2. The van der Waals surface area contributed by atoms with Crippen molar-refractivity contribution in [1.29, 1.82) is 0 Å². The number of carbonyl (C=O) groups is 2. The van der Waals surface area contributed by atoms with Gasteiger partial charge in [-0.05, 0) is 20.8 Å². The maximum Gasteiger partial charge on any atom is 0.330 e. The molecule has 0 saturated carbocycles. The summed E-state index contributed by atoms with van der Waals surface area (Å²) < 4.78 is 11.4. The summed E-state index contributed by atoms with van der Waals surface area (Å²) in [5, 5.41) is 9.12. The van der Waals surface area contributed by atoms with Crippen molar-refractivity contribution in [3.63, 3.8) is 0 Å². The van der Waals surface area contributed by atoms with Crippen LogP contribution in [0.25, 0.3) is 0 Å². The summed E-state index contributed by atoms with van der Waals surface area (Å²) in [6.07, 6.45) is 4.57. The summed E-state index contributed by atoms with van der Waals surface area (Å²) in [5.74, 6) is -0.683. The Hall–Kier alpha value is -1.83. The summed E-state index contributed by atoms with van der Waals surface area (Å²) in [4.78, 5) is 21.3. The lowest BCUT2D eigenvalue weighted by Gasteiger charge is -2.27. The molecular weight excluding hydrogens is 396 g/mol. The van der Waals surface area contributed by atoms with Gasteiger partial charge in [0.1, 0.15) is 26.3 Å². The Morgan fingerprint density at radius 3 is 1.31 bits per heavy atom. The minimum absolute atomic E-state index is 0. The fraction of sp³-hybridized carbons (Fsp3) is 0.619. The fourth-order valence-corrected chi connectivity index (χ4v) is 1.22. The molecule has 0 unspecified atom stereocenters. The molecule has 0 bridgehead atoms. The zero-order chi connectivity index (χ0) is 22.6. The van der Waals surface area contributed by atoms with Crippen molar-refractivity contribution in [3.05, 3.63) is 37.6 Å². The van der Waals surface area contributed by atoms with E-state index < -0.39 is 0 Å². The molecule has 29 heavy (non-hydrogen) atoms. The van der Waals surface area contributed by atoms with Gasteiger partial charge in [0, 0.05) is 12.2 Å². The van der Waals surface area contributed by atoms with Gasteiger partial charge in [-0.3, -0.25) is 0 Å². The number of halogens is 1. The molecule has 0 heterocycles. The molecule has 0 aliphatic heterocycles. The lowest BCUT2D eigenvalue weighted by molar-refractivity contribution is -0.888. The number of rotatable bonds is 10. The number of ether oxygens (including phenoxy) is 2. The van der Waals surface area contributed by atoms with Crippen molar-refractivity contribution in [1.82, 2.24) is 0 Å². The van der Waals surface area contributed by atoms with E-state index in [-0.39, 0.29) is 24.3 Å². The Morgan fingerprint density at radius 1 is 0.862 bits per heavy atom. The summed E-state index contributed by atoms with van der Waals surface area (Å²) in [6, 6.07) is 0. The van der Waals surface area contributed by atoms with Gasteiger partial charge in [-0.25, -0.2) is 9.59 Å². The highest BCUT2D eigenvalue weighted by atomic mass is 35.5. The molecular formula is C21H41ClN2O5. The number of nitrogens with zero attached hydrogens (tertiary/aromatic N) is 2. The lowest BCUT2D eigenvalue weighted by Crippen LogP contribution is -3.00. The van der Waals surface area contributed by atoms with Gasteiger partial charge < -0.3 is 36.0 Å². The van der Waals surface area contributed by atoms with E-state index in [2.05, 4.69) is 55.2 Å². The van der Waals surface area contributed by atoms with Crippen molar-refractivity contribution in [2.24, 2.45) is 0 Å². The number of hydrogen-bond donors (Lipinski definition) is 0. The first-order valence-electron chi connectivity index (χ1n) is 9.40. The van der Waals surface area contributed by atoms with Gasteiger partial charge in [0.05, 0.1) is 41.3 Å².